The summed E-state index contributed by atoms with van der Waals surface area (Å²) in [6, 6.07) is 2.69. The number of hydrogen-bond donors (Lipinski definition) is 1. The lowest BCUT2D eigenvalue weighted by molar-refractivity contribution is -0.380. The highest BCUT2D eigenvalue weighted by Gasteiger charge is 2.17. The lowest BCUT2D eigenvalue weighted by Crippen LogP contribution is -2.08. The monoisotopic (exact) mass is 254 g/mol. The SMILES string of the molecule is CCC(N)c1nnc(-c2ccc([N+](=O)[O-])s2)o1. The molecule has 0 aliphatic carbocycles. The molecule has 0 radical (unpaired) electrons. The largest absolute Gasteiger partial charge is 0.418 e. The Hall–Kier alpha value is -1.80. The number of aromatic nitrogens is 2. The Morgan fingerprint density at radius 1 is 1.59 bits per heavy atom. The average molecular weight is 254 g/mol. The van der Waals surface area contributed by atoms with Crippen molar-refractivity contribution in [2.45, 2.75) is 19.4 Å². The molecule has 2 heterocycles. The fourth-order valence-electron chi connectivity index (χ4n) is 1.20. The molecule has 2 aromatic rings. The van der Waals surface area contributed by atoms with E-state index in [0.717, 1.165) is 11.3 Å². The van der Waals surface area contributed by atoms with Gasteiger partial charge in [-0.15, -0.1) is 10.2 Å². The molecule has 0 spiro atoms. The van der Waals surface area contributed by atoms with Crippen molar-refractivity contribution in [2.24, 2.45) is 5.73 Å². The molecule has 8 heteroatoms. The standard InChI is InChI=1S/C9H10N4O3S/c1-2-5(10)8-11-12-9(16-8)6-3-4-7(17-6)13(14)15/h3-5H,2,10H2,1H3. The van der Waals surface area contributed by atoms with Crippen LogP contribution in [0.1, 0.15) is 25.3 Å². The Balaban J connectivity index is 2.27. The molecule has 1 unspecified atom stereocenters. The van der Waals surface area contributed by atoms with Gasteiger partial charge in [-0.2, -0.15) is 0 Å². The molecular formula is C9H10N4O3S. The Bertz CT molecular complexity index is 536. The molecule has 0 aromatic carbocycles. The number of nitro groups is 1. The zero-order chi connectivity index (χ0) is 12.4. The molecule has 2 rings (SSSR count). The molecule has 0 saturated heterocycles. The van der Waals surface area contributed by atoms with Gasteiger partial charge in [0.15, 0.2) is 0 Å². The normalized spacial score (nSPS) is 12.6. The van der Waals surface area contributed by atoms with E-state index < -0.39 is 4.92 Å². The molecule has 90 valence electrons. The first-order valence-electron chi connectivity index (χ1n) is 4.95. The maximum atomic E-state index is 10.5. The molecule has 17 heavy (non-hydrogen) atoms. The second-order valence-electron chi connectivity index (χ2n) is 3.36. The van der Waals surface area contributed by atoms with Crippen LogP contribution in [0.2, 0.25) is 0 Å². The summed E-state index contributed by atoms with van der Waals surface area (Å²) in [6.45, 7) is 1.91. The van der Waals surface area contributed by atoms with Gasteiger partial charge >= 0.3 is 5.00 Å². The molecule has 0 amide bonds. The molecule has 2 N–H and O–H groups in total. The zero-order valence-corrected chi connectivity index (χ0v) is 9.81. The van der Waals surface area contributed by atoms with Crippen LogP contribution in [0.5, 0.6) is 0 Å². The lowest BCUT2D eigenvalue weighted by atomic mass is 10.2. The maximum Gasteiger partial charge on any atom is 0.324 e. The molecule has 2 aromatic heterocycles. The minimum atomic E-state index is -0.455. The summed E-state index contributed by atoms with van der Waals surface area (Å²) < 4.78 is 5.36. The third-order valence-electron chi connectivity index (χ3n) is 2.18. The quantitative estimate of drug-likeness (QED) is 0.661. The van der Waals surface area contributed by atoms with Crippen LogP contribution < -0.4 is 5.73 Å². The minimum absolute atomic E-state index is 0.0412. The van der Waals surface area contributed by atoms with E-state index >= 15 is 0 Å². The van der Waals surface area contributed by atoms with Gasteiger partial charge in [0.05, 0.1) is 15.8 Å². The first kappa shape index (κ1) is 11.7. The predicted octanol–water partition coefficient (Wildman–Crippen LogP) is 2.12. The molecular weight excluding hydrogens is 244 g/mol. The molecule has 0 aliphatic heterocycles. The first-order chi connectivity index (χ1) is 8.11. The Labute approximate surface area is 100 Å². The molecule has 0 fully saturated rings. The second-order valence-corrected chi connectivity index (χ2v) is 4.42. The van der Waals surface area contributed by atoms with Gasteiger partial charge in [0.2, 0.25) is 5.89 Å². The van der Waals surface area contributed by atoms with Gasteiger partial charge in [-0.1, -0.05) is 18.3 Å². The summed E-state index contributed by atoms with van der Waals surface area (Å²) in [6.07, 6.45) is 0.687. The van der Waals surface area contributed by atoms with E-state index in [4.69, 9.17) is 10.2 Å². The van der Waals surface area contributed by atoms with Gasteiger partial charge in [0.25, 0.3) is 5.89 Å². The summed E-state index contributed by atoms with van der Waals surface area (Å²) in [5.74, 6) is 0.612. The van der Waals surface area contributed by atoms with Gasteiger partial charge in [-0.3, -0.25) is 10.1 Å². The number of nitrogens with zero attached hydrogens (tertiary/aromatic N) is 3. The Morgan fingerprint density at radius 2 is 2.35 bits per heavy atom. The minimum Gasteiger partial charge on any atom is -0.418 e. The summed E-state index contributed by atoms with van der Waals surface area (Å²) >= 11 is 0.991. The highest BCUT2D eigenvalue weighted by molar-refractivity contribution is 7.18. The van der Waals surface area contributed by atoms with Crippen molar-refractivity contribution in [3.63, 3.8) is 0 Å². The van der Waals surface area contributed by atoms with Crippen LogP contribution in [0.3, 0.4) is 0 Å². The van der Waals surface area contributed by atoms with Gasteiger partial charge in [0, 0.05) is 6.07 Å². The Kier molecular flexibility index (Phi) is 3.16. The third-order valence-corrected chi connectivity index (χ3v) is 3.21. The maximum absolute atomic E-state index is 10.5. The number of nitrogens with two attached hydrogens (primary N) is 1. The summed E-state index contributed by atoms with van der Waals surface area (Å²) in [5, 5.41) is 18.2. The molecule has 0 saturated carbocycles. The number of hydrogen-bond acceptors (Lipinski definition) is 7. The number of rotatable bonds is 4. The van der Waals surface area contributed by atoms with Crippen LogP contribution in [0.25, 0.3) is 10.8 Å². The number of thiophene rings is 1. The van der Waals surface area contributed by atoms with Crippen molar-refractivity contribution >= 4 is 16.3 Å². The second kappa shape index (κ2) is 4.60. The predicted molar refractivity (Wildman–Crippen MR) is 61.5 cm³/mol. The topological polar surface area (TPSA) is 108 Å². The lowest BCUT2D eigenvalue weighted by Gasteiger charge is -1.99. The van der Waals surface area contributed by atoms with Crippen molar-refractivity contribution < 1.29 is 9.34 Å². The van der Waals surface area contributed by atoms with E-state index in [1.807, 2.05) is 6.92 Å². The summed E-state index contributed by atoms with van der Waals surface area (Å²) in [5.41, 5.74) is 5.74. The first-order valence-corrected chi connectivity index (χ1v) is 5.77. The molecule has 0 aliphatic rings. The molecule has 0 bridgehead atoms. The Morgan fingerprint density at radius 3 is 2.94 bits per heavy atom. The van der Waals surface area contributed by atoms with Gasteiger partial charge < -0.3 is 10.2 Å². The van der Waals surface area contributed by atoms with Crippen LogP contribution in [0.15, 0.2) is 16.5 Å². The summed E-state index contributed by atoms with van der Waals surface area (Å²) in [7, 11) is 0. The fourth-order valence-corrected chi connectivity index (χ4v) is 1.94. The summed E-state index contributed by atoms with van der Waals surface area (Å²) in [4.78, 5) is 10.6. The van der Waals surface area contributed by atoms with Crippen LogP contribution >= 0.6 is 11.3 Å². The highest BCUT2D eigenvalue weighted by Crippen LogP contribution is 2.32. The van der Waals surface area contributed by atoms with Crippen LogP contribution in [-0.2, 0) is 0 Å². The van der Waals surface area contributed by atoms with Crippen molar-refractivity contribution in [1.82, 2.24) is 10.2 Å². The van der Waals surface area contributed by atoms with E-state index in [-0.39, 0.29) is 16.9 Å². The van der Waals surface area contributed by atoms with E-state index in [9.17, 15) is 10.1 Å². The van der Waals surface area contributed by atoms with Crippen LogP contribution in [-0.4, -0.2) is 15.1 Å². The van der Waals surface area contributed by atoms with E-state index in [1.54, 1.807) is 6.07 Å². The van der Waals surface area contributed by atoms with Crippen LogP contribution in [0.4, 0.5) is 5.00 Å². The van der Waals surface area contributed by atoms with E-state index in [1.165, 1.54) is 6.07 Å². The smallest absolute Gasteiger partial charge is 0.324 e. The molecule has 7 nitrogen and oxygen atoms in total. The van der Waals surface area contributed by atoms with Crippen molar-refractivity contribution in [3.8, 4) is 10.8 Å². The van der Waals surface area contributed by atoms with Crippen molar-refractivity contribution in [1.29, 1.82) is 0 Å². The third kappa shape index (κ3) is 2.32. The van der Waals surface area contributed by atoms with Gasteiger partial charge in [-0.05, 0) is 12.5 Å². The molecule has 1 atom stereocenters. The van der Waals surface area contributed by atoms with E-state index in [2.05, 4.69) is 10.2 Å². The highest BCUT2D eigenvalue weighted by atomic mass is 32.1. The van der Waals surface area contributed by atoms with Crippen molar-refractivity contribution in [3.05, 3.63) is 28.1 Å². The van der Waals surface area contributed by atoms with E-state index in [0.29, 0.717) is 17.2 Å². The van der Waals surface area contributed by atoms with Gasteiger partial charge in [0.1, 0.15) is 0 Å². The van der Waals surface area contributed by atoms with Gasteiger partial charge in [-0.25, -0.2) is 0 Å². The zero-order valence-electron chi connectivity index (χ0n) is 8.99. The fraction of sp³-hybridized carbons (Fsp3) is 0.333. The average Bonchev–Trinajstić information content (AvgIpc) is 2.95. The van der Waals surface area contributed by atoms with Crippen LogP contribution in [0, 0.1) is 10.1 Å². The van der Waals surface area contributed by atoms with Crippen molar-refractivity contribution in [2.75, 3.05) is 0 Å².